The number of nitrogens with one attached hydrogen (secondary N) is 1. The summed E-state index contributed by atoms with van der Waals surface area (Å²) < 4.78 is 48.6. The van der Waals surface area contributed by atoms with Crippen LogP contribution >= 0.6 is 0 Å². The minimum absolute atomic E-state index is 0.0237. The number of sulfonamides is 1. The van der Waals surface area contributed by atoms with Crippen molar-refractivity contribution in [2.45, 2.75) is 61.1 Å². The molecule has 11 nitrogen and oxygen atoms in total. The van der Waals surface area contributed by atoms with Crippen LogP contribution < -0.4 is 9.62 Å². The molecule has 2 saturated carbocycles. The van der Waals surface area contributed by atoms with Crippen molar-refractivity contribution < 1.29 is 21.1 Å². The predicted octanol–water partition coefficient (Wildman–Crippen LogP) is 0.912. The first-order valence-corrected chi connectivity index (χ1v) is 14.5. The van der Waals surface area contributed by atoms with Crippen LogP contribution in [0.1, 0.15) is 51.3 Å². The number of β-amino-alcohol motifs (C(OH)–C–C–N with tert-alkyl or cyclic N) is 1. The van der Waals surface area contributed by atoms with Gasteiger partial charge >= 0.3 is 0 Å². The molecule has 1 aromatic carbocycles. The first-order valence-electron chi connectivity index (χ1n) is 14.0. The van der Waals surface area contributed by atoms with E-state index in [1.807, 2.05) is 18.9 Å². The van der Waals surface area contributed by atoms with Crippen LogP contribution in [0.4, 0.5) is 5.69 Å². The molecule has 0 bridgehead atoms. The summed E-state index contributed by atoms with van der Waals surface area (Å²) in [6.45, 7) is 0.213. The van der Waals surface area contributed by atoms with Crippen LogP contribution in [0.5, 0.6) is 0 Å². The molecule has 2 fully saturated rings. The first-order chi connectivity index (χ1) is 19.3. The van der Waals surface area contributed by atoms with Gasteiger partial charge in [-0.05, 0) is 57.9 Å². The fourth-order valence-corrected chi connectivity index (χ4v) is 6.48. The van der Waals surface area contributed by atoms with Crippen LogP contribution in [0.25, 0.3) is 0 Å². The SMILES string of the molecule is [2H]C([2H])(c1cnn(C)c1)N1C(=O)c2cc(S(=O)(=O)NC3(C)CC3)ccc2N2C1=NCC2C#CC1(N(C)CCO)CC1. The number of carbonyl (C=O) groups is 1. The quantitative estimate of drug-likeness (QED) is 0.466. The molecule has 0 spiro atoms. The Morgan fingerprint density at radius 3 is 2.72 bits per heavy atom. The largest absolute Gasteiger partial charge is 0.395 e. The summed E-state index contributed by atoms with van der Waals surface area (Å²) in [5, 5.41) is 13.5. The number of carbonyl (C=O) groups excluding carboxylic acids is 1. The number of fused-ring (bicyclic) bond motifs is 3. The Morgan fingerprint density at radius 2 is 2.08 bits per heavy atom. The summed E-state index contributed by atoms with van der Waals surface area (Å²) in [5.41, 5.74) is -0.211. The fraction of sp³-hybridized carbons (Fsp3) is 0.519. The number of anilines is 1. The van der Waals surface area contributed by atoms with Crippen molar-refractivity contribution in [3.63, 3.8) is 0 Å². The van der Waals surface area contributed by atoms with E-state index in [-0.39, 0.29) is 40.7 Å². The third kappa shape index (κ3) is 4.74. The van der Waals surface area contributed by atoms with Crippen molar-refractivity contribution in [2.75, 3.05) is 31.6 Å². The van der Waals surface area contributed by atoms with Crippen LogP contribution in [0.2, 0.25) is 0 Å². The second kappa shape index (κ2) is 9.16. The number of hydrogen-bond acceptors (Lipinski definition) is 8. The maximum atomic E-state index is 14.0. The Morgan fingerprint density at radius 1 is 1.31 bits per heavy atom. The number of likely N-dealkylation sites (N-methyl/N-ethyl adjacent to an activating group) is 1. The molecule has 1 unspecified atom stereocenters. The Labute approximate surface area is 231 Å². The molecular weight excluding hydrogens is 518 g/mol. The standard InChI is InChI=1S/C27H33N7O4S/c1-26(8-9-26)30-39(37,38)21-4-5-23-22(14-21)24(36)33(18-19-15-29-32(3)17-19)25-28-16-20(34(23)25)6-7-27(10-11-27)31(2)12-13-35/h4-5,14-15,17,20,30,35H,8-13,16,18H2,1-3H3/i18D2. The van der Waals surface area contributed by atoms with E-state index in [0.29, 0.717) is 12.2 Å². The van der Waals surface area contributed by atoms with Gasteiger partial charge in [-0.15, -0.1) is 0 Å². The minimum Gasteiger partial charge on any atom is -0.395 e. The number of amides is 1. The van der Waals surface area contributed by atoms with E-state index in [1.165, 1.54) is 29.2 Å². The number of aryl methyl sites for hydroxylation is 1. The average molecular weight is 554 g/mol. The van der Waals surface area contributed by atoms with E-state index in [4.69, 9.17) is 2.74 Å². The van der Waals surface area contributed by atoms with E-state index in [2.05, 4.69) is 26.7 Å². The molecule has 3 heterocycles. The van der Waals surface area contributed by atoms with Crippen molar-refractivity contribution in [3.05, 3.63) is 41.7 Å². The number of aliphatic imine (C=N–C) groups is 1. The van der Waals surface area contributed by atoms with Crippen LogP contribution in [-0.4, -0.2) is 88.8 Å². The Bertz CT molecular complexity index is 1620. The average Bonchev–Trinajstić information content (AvgIpc) is 3.76. The minimum atomic E-state index is -3.92. The molecule has 2 aliphatic carbocycles. The molecule has 2 aromatic rings. The number of aliphatic hydroxyl groups excluding tert-OH is 1. The number of aromatic nitrogens is 2. The van der Waals surface area contributed by atoms with Crippen LogP contribution in [0.3, 0.4) is 0 Å². The van der Waals surface area contributed by atoms with Gasteiger partial charge in [-0.3, -0.25) is 24.2 Å². The lowest BCUT2D eigenvalue weighted by Gasteiger charge is -2.37. The fourth-order valence-electron chi connectivity index (χ4n) is 4.99. The summed E-state index contributed by atoms with van der Waals surface area (Å²) in [6, 6.07) is 3.85. The third-order valence-electron chi connectivity index (χ3n) is 7.79. The smallest absolute Gasteiger partial charge is 0.263 e. The number of hydrogen-bond donors (Lipinski definition) is 2. The monoisotopic (exact) mass is 553 g/mol. The molecule has 2 aliphatic heterocycles. The summed E-state index contributed by atoms with van der Waals surface area (Å²) in [7, 11) is -0.338. The van der Waals surface area contributed by atoms with Gasteiger partial charge in [0, 0.05) is 30.9 Å². The predicted molar refractivity (Wildman–Crippen MR) is 146 cm³/mol. The summed E-state index contributed by atoms with van der Waals surface area (Å²) in [5.74, 6) is 6.09. The second-order valence-electron chi connectivity index (χ2n) is 11.0. The molecule has 12 heteroatoms. The molecule has 1 amide bonds. The van der Waals surface area contributed by atoms with Gasteiger partial charge in [0.15, 0.2) is 0 Å². The van der Waals surface area contributed by atoms with E-state index < -0.39 is 34.0 Å². The maximum absolute atomic E-state index is 14.0. The number of benzene rings is 1. The van der Waals surface area contributed by atoms with Crippen LogP contribution in [0.15, 0.2) is 40.5 Å². The highest BCUT2D eigenvalue weighted by Crippen LogP contribution is 2.41. The van der Waals surface area contributed by atoms with Crippen molar-refractivity contribution in [1.29, 1.82) is 0 Å². The van der Waals surface area contributed by atoms with Crippen molar-refractivity contribution in [3.8, 4) is 11.8 Å². The molecule has 206 valence electrons. The van der Waals surface area contributed by atoms with Crippen molar-refractivity contribution in [1.82, 2.24) is 24.3 Å². The van der Waals surface area contributed by atoms with Gasteiger partial charge in [0.2, 0.25) is 16.0 Å². The molecule has 1 aromatic heterocycles. The van der Waals surface area contributed by atoms with Crippen LogP contribution in [0, 0.1) is 11.8 Å². The molecule has 4 aliphatic rings. The normalized spacial score (nSPS) is 23.4. The van der Waals surface area contributed by atoms with Gasteiger partial charge in [-0.1, -0.05) is 11.8 Å². The summed E-state index contributed by atoms with van der Waals surface area (Å²) in [6.07, 6.45) is 6.06. The van der Waals surface area contributed by atoms with E-state index in [9.17, 15) is 18.3 Å². The topological polar surface area (TPSA) is 123 Å². The highest BCUT2D eigenvalue weighted by Gasteiger charge is 2.46. The van der Waals surface area contributed by atoms with E-state index in [0.717, 1.165) is 30.6 Å². The summed E-state index contributed by atoms with van der Waals surface area (Å²) in [4.78, 5) is 23.3. The van der Waals surface area contributed by atoms with Gasteiger partial charge in [0.25, 0.3) is 5.91 Å². The number of aliphatic hydroxyl groups is 1. The maximum Gasteiger partial charge on any atom is 0.263 e. The molecular formula is C27H33N7O4S. The zero-order valence-corrected chi connectivity index (χ0v) is 23.0. The Kier molecular flexibility index (Phi) is 5.55. The zero-order valence-electron chi connectivity index (χ0n) is 24.2. The van der Waals surface area contributed by atoms with E-state index in [1.54, 1.807) is 18.0 Å². The lowest BCUT2D eigenvalue weighted by atomic mass is 10.1. The lowest BCUT2D eigenvalue weighted by Crippen LogP contribution is -2.52. The molecule has 0 saturated heterocycles. The van der Waals surface area contributed by atoms with Crippen molar-refractivity contribution >= 4 is 27.6 Å². The lowest BCUT2D eigenvalue weighted by molar-refractivity contribution is 0.0833. The molecule has 39 heavy (non-hydrogen) atoms. The van der Waals surface area contributed by atoms with Gasteiger partial charge in [-0.25, -0.2) is 18.1 Å². The molecule has 2 N–H and O–H groups in total. The second-order valence-corrected chi connectivity index (χ2v) is 12.7. The van der Waals surface area contributed by atoms with Gasteiger partial charge in [-0.2, -0.15) is 5.10 Å². The molecule has 1 atom stereocenters. The Hall–Kier alpha value is -3.24. The highest BCUT2D eigenvalue weighted by molar-refractivity contribution is 7.89. The zero-order chi connectivity index (χ0) is 29.4. The van der Waals surface area contributed by atoms with Crippen LogP contribution in [-0.2, 0) is 23.6 Å². The number of nitrogens with zero attached hydrogens (tertiary/aromatic N) is 6. The van der Waals surface area contributed by atoms with Gasteiger partial charge < -0.3 is 5.11 Å². The van der Waals surface area contributed by atoms with Gasteiger partial charge in [0.1, 0.15) is 6.04 Å². The number of rotatable bonds is 8. The first kappa shape index (κ1) is 23.6. The number of guanidine groups is 1. The highest BCUT2D eigenvalue weighted by atomic mass is 32.2. The van der Waals surface area contributed by atoms with Crippen molar-refractivity contribution in [2.24, 2.45) is 12.0 Å². The summed E-state index contributed by atoms with van der Waals surface area (Å²) >= 11 is 0. The Balaban J connectivity index is 1.43. The van der Waals surface area contributed by atoms with Gasteiger partial charge in [0.05, 0.1) is 50.3 Å². The molecule has 0 radical (unpaired) electrons. The third-order valence-corrected chi connectivity index (χ3v) is 9.43. The molecule has 6 rings (SSSR count). The van der Waals surface area contributed by atoms with E-state index >= 15 is 0 Å².